The third kappa shape index (κ3) is 27.9. The topological polar surface area (TPSA) is 0 Å². The van der Waals surface area contributed by atoms with Gasteiger partial charge in [0.2, 0.25) is 0 Å². The van der Waals surface area contributed by atoms with Crippen molar-refractivity contribution in [3.8, 4) is 0 Å². The molecule has 163 valence electrons. The molecule has 0 amide bonds. The average Bonchev–Trinajstić information content (AvgIpc) is 3.44. The SMILES string of the molecule is CCCCCCCCPCCCCCCCC.[Co+2].c1cc[cH-]c1.c1cc[cH-]c1. The molecule has 2 rings (SSSR count). The van der Waals surface area contributed by atoms with Gasteiger partial charge in [0.1, 0.15) is 0 Å². The van der Waals surface area contributed by atoms with Crippen LogP contribution < -0.4 is 0 Å². The van der Waals surface area contributed by atoms with Crippen molar-refractivity contribution in [3.63, 3.8) is 0 Å². The second-order valence-electron chi connectivity index (χ2n) is 7.21. The minimum Gasteiger partial charge on any atom is -0.214 e. The van der Waals surface area contributed by atoms with Crippen LogP contribution in [0.25, 0.3) is 0 Å². The van der Waals surface area contributed by atoms with E-state index >= 15 is 0 Å². The first-order valence-corrected chi connectivity index (χ1v) is 12.9. The van der Waals surface area contributed by atoms with Crippen LogP contribution in [0.15, 0.2) is 60.7 Å². The van der Waals surface area contributed by atoms with Gasteiger partial charge in [-0.3, -0.25) is 0 Å². The van der Waals surface area contributed by atoms with Crippen LogP contribution in [0.4, 0.5) is 0 Å². The zero-order chi connectivity index (χ0) is 19.7. The molecule has 2 aromatic carbocycles. The summed E-state index contributed by atoms with van der Waals surface area (Å²) in [5.41, 5.74) is 0. The Morgan fingerprint density at radius 3 is 1.11 bits per heavy atom. The summed E-state index contributed by atoms with van der Waals surface area (Å²) >= 11 is 0. The molecule has 0 aliphatic rings. The van der Waals surface area contributed by atoms with E-state index < -0.39 is 0 Å². The first-order valence-electron chi connectivity index (χ1n) is 11.5. The molecule has 2 aromatic rings. The van der Waals surface area contributed by atoms with Crippen LogP contribution in [0.1, 0.15) is 90.9 Å². The molecule has 0 fully saturated rings. The van der Waals surface area contributed by atoms with Gasteiger partial charge in [-0.2, -0.15) is 36.4 Å². The molecule has 0 nitrogen and oxygen atoms in total. The van der Waals surface area contributed by atoms with Gasteiger partial charge in [-0.25, -0.2) is 24.3 Å². The molecule has 28 heavy (non-hydrogen) atoms. The fourth-order valence-electron chi connectivity index (χ4n) is 2.83. The largest absolute Gasteiger partial charge is 2.00 e. The fraction of sp³-hybridized carbons (Fsp3) is 0.615. The summed E-state index contributed by atoms with van der Waals surface area (Å²) in [6.07, 6.45) is 20.5. The maximum atomic E-state index is 2.29. The molecule has 0 unspecified atom stereocenters. The van der Waals surface area contributed by atoms with Crippen LogP contribution in [0.5, 0.6) is 0 Å². The van der Waals surface area contributed by atoms with Crippen molar-refractivity contribution in [2.24, 2.45) is 0 Å². The second kappa shape index (κ2) is 28.8. The summed E-state index contributed by atoms with van der Waals surface area (Å²) in [4.78, 5) is 0. The third-order valence-corrected chi connectivity index (χ3v) is 5.94. The van der Waals surface area contributed by atoms with Gasteiger partial charge in [0.15, 0.2) is 0 Å². The predicted octanol–water partition coefficient (Wildman–Crippen LogP) is 9.19. The van der Waals surface area contributed by atoms with E-state index in [1.165, 1.54) is 98.0 Å². The Bertz CT molecular complexity index is 333. The van der Waals surface area contributed by atoms with Gasteiger partial charge in [0, 0.05) is 0 Å². The zero-order valence-electron chi connectivity index (χ0n) is 18.5. The molecule has 0 saturated carbocycles. The molecule has 0 atom stereocenters. The van der Waals surface area contributed by atoms with Crippen molar-refractivity contribution < 1.29 is 16.8 Å². The van der Waals surface area contributed by atoms with E-state index in [1.54, 1.807) is 0 Å². The van der Waals surface area contributed by atoms with Crippen LogP contribution in [0.3, 0.4) is 0 Å². The summed E-state index contributed by atoms with van der Waals surface area (Å²) in [6, 6.07) is 20.0. The van der Waals surface area contributed by atoms with E-state index in [4.69, 9.17) is 0 Å². The number of hydrogen-bond donors (Lipinski definition) is 0. The summed E-state index contributed by atoms with van der Waals surface area (Å²) in [7, 11) is 1.26. The Kier molecular flexibility index (Phi) is 30.7. The Morgan fingerprint density at radius 1 is 0.500 bits per heavy atom. The molecule has 2 heteroatoms. The van der Waals surface area contributed by atoms with Gasteiger partial charge < -0.3 is 0 Å². The summed E-state index contributed by atoms with van der Waals surface area (Å²) in [5, 5.41) is 0. The van der Waals surface area contributed by atoms with Crippen LogP contribution in [-0.4, -0.2) is 12.3 Å². The van der Waals surface area contributed by atoms with Gasteiger partial charge in [-0.15, -0.1) is 8.58 Å². The van der Waals surface area contributed by atoms with E-state index in [2.05, 4.69) is 13.8 Å². The molecular weight excluding hydrogens is 402 g/mol. The Morgan fingerprint density at radius 2 is 0.821 bits per heavy atom. The van der Waals surface area contributed by atoms with Crippen molar-refractivity contribution >= 4 is 8.58 Å². The van der Waals surface area contributed by atoms with Gasteiger partial charge in [-0.05, 0) is 25.2 Å². The van der Waals surface area contributed by atoms with Gasteiger partial charge >= 0.3 is 16.8 Å². The predicted molar refractivity (Wildman–Crippen MR) is 129 cm³/mol. The molecular formula is C26H45CoP. The summed E-state index contributed by atoms with van der Waals surface area (Å²) in [6.45, 7) is 4.59. The monoisotopic (exact) mass is 447 g/mol. The minimum absolute atomic E-state index is 0. The molecule has 0 spiro atoms. The smallest absolute Gasteiger partial charge is 0.214 e. The normalized spacial score (nSPS) is 9.50. The van der Waals surface area contributed by atoms with Crippen molar-refractivity contribution in [3.05, 3.63) is 60.7 Å². The quantitative estimate of drug-likeness (QED) is 0.154. The van der Waals surface area contributed by atoms with Gasteiger partial charge in [0.05, 0.1) is 0 Å². The fourth-order valence-corrected chi connectivity index (χ4v) is 4.08. The molecule has 0 N–H and O–H groups in total. The Hall–Kier alpha value is -0.364. The standard InChI is InChI=1S/C16H35P.2C5H5.Co/c1-3-5-7-9-11-13-15-17-16-14-12-10-8-6-4-2;2*1-2-4-5-3-1;/h17H,3-16H2,1-2H3;2*1-5H;/q;2*-1;+2. The summed E-state index contributed by atoms with van der Waals surface area (Å²) < 4.78 is 0. The molecule has 0 heterocycles. The molecule has 0 aliphatic carbocycles. The first kappa shape index (κ1) is 29.8. The maximum Gasteiger partial charge on any atom is 2.00 e. The number of rotatable bonds is 14. The van der Waals surface area contributed by atoms with Crippen LogP contribution in [0.2, 0.25) is 0 Å². The summed E-state index contributed by atoms with van der Waals surface area (Å²) in [5.74, 6) is 0. The van der Waals surface area contributed by atoms with Crippen molar-refractivity contribution in [2.45, 2.75) is 90.9 Å². The van der Waals surface area contributed by atoms with Crippen LogP contribution in [-0.2, 0) is 16.8 Å². The molecule has 0 aromatic heterocycles. The Labute approximate surface area is 189 Å². The second-order valence-corrected chi connectivity index (χ2v) is 8.71. The Balaban J connectivity index is 0. The van der Waals surface area contributed by atoms with Crippen molar-refractivity contribution in [1.82, 2.24) is 0 Å². The molecule has 0 saturated heterocycles. The van der Waals surface area contributed by atoms with E-state index in [9.17, 15) is 0 Å². The van der Waals surface area contributed by atoms with E-state index in [0.29, 0.717) is 0 Å². The molecule has 0 aliphatic heterocycles. The zero-order valence-corrected chi connectivity index (χ0v) is 20.5. The third-order valence-electron chi connectivity index (χ3n) is 4.53. The molecule has 1 radical (unpaired) electrons. The van der Waals surface area contributed by atoms with E-state index in [-0.39, 0.29) is 16.8 Å². The van der Waals surface area contributed by atoms with E-state index in [1.807, 2.05) is 60.7 Å². The van der Waals surface area contributed by atoms with Crippen molar-refractivity contribution in [2.75, 3.05) is 12.3 Å². The average molecular weight is 448 g/mol. The number of unbranched alkanes of at least 4 members (excludes halogenated alkanes) is 10. The maximum absolute atomic E-state index is 2.29. The van der Waals surface area contributed by atoms with Crippen LogP contribution in [0, 0.1) is 0 Å². The van der Waals surface area contributed by atoms with E-state index in [0.717, 1.165) is 0 Å². The van der Waals surface area contributed by atoms with Crippen LogP contribution >= 0.6 is 8.58 Å². The van der Waals surface area contributed by atoms with Gasteiger partial charge in [0.25, 0.3) is 0 Å². The first-order chi connectivity index (χ1) is 13.4. The minimum atomic E-state index is 0. The molecule has 0 bridgehead atoms. The van der Waals surface area contributed by atoms with Crippen molar-refractivity contribution in [1.29, 1.82) is 0 Å². The van der Waals surface area contributed by atoms with Gasteiger partial charge in [-0.1, -0.05) is 78.1 Å². The number of hydrogen-bond acceptors (Lipinski definition) is 0.